The molecule has 192 valence electrons. The highest BCUT2D eigenvalue weighted by Crippen LogP contribution is 2.27. The van der Waals surface area contributed by atoms with Crippen LogP contribution in [0.1, 0.15) is 43.7 Å². The standard InChI is InChI=1S/C30H30N6O2/c1-19-13-26-25(10-11-32-28(26)31)20(2)27(19)16-33-29(37)24-15-34-36(18-24)17-22-8-6-21(7-9-22)14-23-5-4-12-35(3)30(23)38/h4-13,15,18H,14,16-17H2,1-3H3,(H2,31,32)(H,33,37). The number of rotatable bonds is 7. The number of carbonyl (C=O) groups excluding carboxylic acids is 1. The van der Waals surface area contributed by atoms with E-state index in [1.165, 1.54) is 0 Å². The molecule has 5 aromatic rings. The molecule has 0 fully saturated rings. The van der Waals surface area contributed by atoms with Crippen LogP contribution < -0.4 is 16.6 Å². The van der Waals surface area contributed by atoms with E-state index in [4.69, 9.17) is 5.73 Å². The Kier molecular flexibility index (Phi) is 6.79. The Labute approximate surface area is 220 Å². The van der Waals surface area contributed by atoms with E-state index in [9.17, 15) is 9.59 Å². The molecule has 1 amide bonds. The van der Waals surface area contributed by atoms with Gasteiger partial charge in [0.05, 0.1) is 18.3 Å². The summed E-state index contributed by atoms with van der Waals surface area (Å²) in [4.78, 5) is 29.3. The fourth-order valence-corrected chi connectivity index (χ4v) is 4.80. The SMILES string of the molecule is Cc1cc2c(N)nccc2c(C)c1CNC(=O)c1cnn(Cc2ccc(Cc3cccn(C)c3=O)cc2)c1. The van der Waals surface area contributed by atoms with Gasteiger partial charge in [0.2, 0.25) is 0 Å². The number of benzene rings is 2. The van der Waals surface area contributed by atoms with Gasteiger partial charge in [-0.3, -0.25) is 14.3 Å². The molecule has 3 N–H and O–H groups in total. The van der Waals surface area contributed by atoms with Crippen LogP contribution in [-0.4, -0.2) is 25.2 Å². The molecule has 0 aliphatic carbocycles. The molecule has 0 saturated carbocycles. The number of aryl methyl sites for hydroxylation is 3. The number of carbonyl (C=O) groups is 1. The van der Waals surface area contributed by atoms with Crippen molar-refractivity contribution in [2.45, 2.75) is 33.4 Å². The molecule has 2 aromatic carbocycles. The Bertz CT molecular complexity index is 1700. The molecule has 8 nitrogen and oxygen atoms in total. The Morgan fingerprint density at radius 1 is 1.05 bits per heavy atom. The molecule has 38 heavy (non-hydrogen) atoms. The second-order valence-corrected chi connectivity index (χ2v) is 9.64. The number of nitrogens with two attached hydrogens (primary N) is 1. The minimum Gasteiger partial charge on any atom is -0.383 e. The number of nitrogens with one attached hydrogen (secondary N) is 1. The van der Waals surface area contributed by atoms with E-state index in [-0.39, 0.29) is 11.5 Å². The highest BCUT2D eigenvalue weighted by atomic mass is 16.1. The number of pyridine rings is 2. The first kappa shape index (κ1) is 25.0. The monoisotopic (exact) mass is 506 g/mol. The normalized spacial score (nSPS) is 11.1. The number of fused-ring (bicyclic) bond motifs is 1. The van der Waals surface area contributed by atoms with E-state index in [1.54, 1.807) is 41.1 Å². The number of amides is 1. The lowest BCUT2D eigenvalue weighted by atomic mass is 9.96. The van der Waals surface area contributed by atoms with Crippen LogP contribution in [0.15, 0.2) is 78.1 Å². The van der Waals surface area contributed by atoms with Crippen molar-refractivity contribution in [2.24, 2.45) is 7.05 Å². The Morgan fingerprint density at radius 2 is 1.82 bits per heavy atom. The molecular formula is C30H30N6O2. The summed E-state index contributed by atoms with van der Waals surface area (Å²) in [6, 6.07) is 15.8. The fourth-order valence-electron chi connectivity index (χ4n) is 4.80. The van der Waals surface area contributed by atoms with E-state index in [0.29, 0.717) is 30.9 Å². The summed E-state index contributed by atoms with van der Waals surface area (Å²) in [7, 11) is 1.76. The van der Waals surface area contributed by atoms with Gasteiger partial charge in [0.15, 0.2) is 0 Å². The molecule has 0 radical (unpaired) electrons. The van der Waals surface area contributed by atoms with Gasteiger partial charge in [-0.25, -0.2) is 4.98 Å². The van der Waals surface area contributed by atoms with Crippen LogP contribution >= 0.6 is 0 Å². The maximum Gasteiger partial charge on any atom is 0.254 e. The molecule has 0 saturated heterocycles. The van der Waals surface area contributed by atoms with Crippen molar-refractivity contribution >= 4 is 22.5 Å². The molecule has 0 unspecified atom stereocenters. The van der Waals surface area contributed by atoms with Crippen molar-refractivity contribution in [3.8, 4) is 0 Å². The Balaban J connectivity index is 1.22. The summed E-state index contributed by atoms with van der Waals surface area (Å²) in [5.41, 5.74) is 12.7. The van der Waals surface area contributed by atoms with Crippen molar-refractivity contribution in [1.82, 2.24) is 24.6 Å². The second kappa shape index (κ2) is 10.3. The first-order valence-electron chi connectivity index (χ1n) is 12.5. The lowest BCUT2D eigenvalue weighted by Gasteiger charge is -2.14. The molecule has 5 rings (SSSR count). The van der Waals surface area contributed by atoms with Gasteiger partial charge in [-0.2, -0.15) is 5.10 Å². The average Bonchev–Trinajstić information content (AvgIpc) is 3.37. The van der Waals surface area contributed by atoms with Crippen LogP contribution in [0.4, 0.5) is 5.82 Å². The number of hydrogen-bond donors (Lipinski definition) is 2. The summed E-state index contributed by atoms with van der Waals surface area (Å²) in [5, 5.41) is 9.37. The van der Waals surface area contributed by atoms with Crippen LogP contribution in [-0.2, 0) is 26.6 Å². The first-order chi connectivity index (χ1) is 18.3. The number of nitrogens with zero attached hydrogens (tertiary/aromatic N) is 4. The molecule has 0 spiro atoms. The second-order valence-electron chi connectivity index (χ2n) is 9.64. The van der Waals surface area contributed by atoms with Crippen molar-refractivity contribution in [3.05, 3.63) is 123 Å². The van der Waals surface area contributed by atoms with E-state index < -0.39 is 0 Å². The molecule has 3 aromatic heterocycles. The molecule has 0 aliphatic heterocycles. The highest BCUT2D eigenvalue weighted by Gasteiger charge is 2.13. The summed E-state index contributed by atoms with van der Waals surface area (Å²) in [5.74, 6) is 0.331. The molecule has 3 heterocycles. The number of aromatic nitrogens is 4. The Hall–Kier alpha value is -4.72. The van der Waals surface area contributed by atoms with Crippen LogP contribution in [0.2, 0.25) is 0 Å². The van der Waals surface area contributed by atoms with Gasteiger partial charge in [0.25, 0.3) is 11.5 Å². The molecule has 0 bridgehead atoms. The predicted octanol–water partition coefficient (Wildman–Crippen LogP) is 3.90. The summed E-state index contributed by atoms with van der Waals surface area (Å²) >= 11 is 0. The van der Waals surface area contributed by atoms with Gasteiger partial charge in [-0.05, 0) is 65.3 Å². The molecule has 0 aliphatic rings. The topological polar surface area (TPSA) is 108 Å². The van der Waals surface area contributed by atoms with Crippen LogP contribution in [0, 0.1) is 13.8 Å². The number of anilines is 1. The summed E-state index contributed by atoms with van der Waals surface area (Å²) in [6.07, 6.45) is 7.38. The fraction of sp³-hybridized carbons (Fsp3) is 0.200. The average molecular weight is 507 g/mol. The van der Waals surface area contributed by atoms with Gasteiger partial charge in [0, 0.05) is 49.6 Å². The highest BCUT2D eigenvalue weighted by molar-refractivity contribution is 5.95. The van der Waals surface area contributed by atoms with E-state index >= 15 is 0 Å². The van der Waals surface area contributed by atoms with E-state index in [2.05, 4.69) is 15.4 Å². The zero-order valence-corrected chi connectivity index (χ0v) is 21.7. The largest absolute Gasteiger partial charge is 0.383 e. The van der Waals surface area contributed by atoms with Crippen LogP contribution in [0.5, 0.6) is 0 Å². The summed E-state index contributed by atoms with van der Waals surface area (Å²) < 4.78 is 3.34. The van der Waals surface area contributed by atoms with Crippen molar-refractivity contribution in [1.29, 1.82) is 0 Å². The first-order valence-corrected chi connectivity index (χ1v) is 12.5. The van der Waals surface area contributed by atoms with Gasteiger partial charge < -0.3 is 15.6 Å². The van der Waals surface area contributed by atoms with Crippen molar-refractivity contribution in [3.63, 3.8) is 0 Å². The zero-order valence-electron chi connectivity index (χ0n) is 21.7. The third kappa shape index (κ3) is 5.06. The lowest BCUT2D eigenvalue weighted by Crippen LogP contribution is -2.23. The van der Waals surface area contributed by atoms with Gasteiger partial charge in [-0.1, -0.05) is 30.3 Å². The number of nitrogen functional groups attached to an aromatic ring is 1. The predicted molar refractivity (Wildman–Crippen MR) is 149 cm³/mol. The smallest absolute Gasteiger partial charge is 0.254 e. The maximum absolute atomic E-state index is 12.9. The van der Waals surface area contributed by atoms with E-state index in [0.717, 1.165) is 44.2 Å². The lowest BCUT2D eigenvalue weighted by molar-refractivity contribution is 0.0950. The number of hydrogen-bond acceptors (Lipinski definition) is 5. The van der Waals surface area contributed by atoms with Gasteiger partial charge >= 0.3 is 0 Å². The van der Waals surface area contributed by atoms with Crippen LogP contribution in [0.3, 0.4) is 0 Å². The minimum atomic E-state index is -0.177. The summed E-state index contributed by atoms with van der Waals surface area (Å²) in [6.45, 7) is 5.01. The molecule has 0 atom stereocenters. The molecular weight excluding hydrogens is 476 g/mol. The van der Waals surface area contributed by atoms with Crippen molar-refractivity contribution < 1.29 is 4.79 Å². The quantitative estimate of drug-likeness (QED) is 0.348. The van der Waals surface area contributed by atoms with E-state index in [1.807, 2.05) is 62.4 Å². The van der Waals surface area contributed by atoms with Gasteiger partial charge in [-0.15, -0.1) is 0 Å². The third-order valence-corrected chi connectivity index (χ3v) is 7.00. The van der Waals surface area contributed by atoms with Crippen molar-refractivity contribution in [2.75, 3.05) is 5.73 Å². The van der Waals surface area contributed by atoms with Crippen LogP contribution in [0.25, 0.3) is 10.8 Å². The molecule has 8 heteroatoms. The van der Waals surface area contributed by atoms with Gasteiger partial charge in [0.1, 0.15) is 5.82 Å². The zero-order chi connectivity index (χ0) is 26.8. The Morgan fingerprint density at radius 3 is 2.61 bits per heavy atom. The minimum absolute atomic E-state index is 0.0202. The maximum atomic E-state index is 12.9. The third-order valence-electron chi connectivity index (χ3n) is 7.00.